The Morgan fingerprint density at radius 2 is 1.95 bits per heavy atom. The number of anilines is 1. The van der Waals surface area contributed by atoms with Gasteiger partial charge in [-0.3, -0.25) is 10.1 Å². The van der Waals surface area contributed by atoms with E-state index in [1.165, 1.54) is 12.1 Å². The number of aliphatic hydroxyl groups is 1. The van der Waals surface area contributed by atoms with Gasteiger partial charge in [0, 0.05) is 12.6 Å². The quantitative estimate of drug-likeness (QED) is 0.548. The van der Waals surface area contributed by atoms with Crippen LogP contribution in [0.4, 0.5) is 11.4 Å². The van der Waals surface area contributed by atoms with Crippen LogP contribution in [0.1, 0.15) is 25.7 Å². The van der Waals surface area contributed by atoms with Crippen molar-refractivity contribution in [1.29, 1.82) is 0 Å². The zero-order chi connectivity index (χ0) is 16.3. The lowest BCUT2D eigenvalue weighted by molar-refractivity contribution is -0.384. The molecule has 22 heavy (non-hydrogen) atoms. The average molecular weight is 329 g/mol. The second kappa shape index (κ2) is 6.59. The zero-order valence-electron chi connectivity index (χ0n) is 11.9. The molecule has 1 aliphatic carbocycles. The summed E-state index contributed by atoms with van der Waals surface area (Å²) >= 11 is 0. The van der Waals surface area contributed by atoms with Crippen molar-refractivity contribution < 1.29 is 18.4 Å². The Morgan fingerprint density at radius 1 is 1.32 bits per heavy atom. The monoisotopic (exact) mass is 329 g/mol. The first-order chi connectivity index (χ1) is 10.3. The molecule has 9 heteroatoms. The molecule has 0 heterocycles. The Morgan fingerprint density at radius 3 is 2.50 bits per heavy atom. The molecular formula is C13H19N3O5S. The molecule has 0 bridgehead atoms. The normalized spacial score (nSPS) is 22.3. The van der Waals surface area contributed by atoms with Gasteiger partial charge in [-0.25, -0.2) is 13.6 Å². The molecule has 1 aromatic rings. The Balaban J connectivity index is 2.12. The van der Waals surface area contributed by atoms with Crippen LogP contribution < -0.4 is 10.5 Å². The van der Waals surface area contributed by atoms with Crippen molar-refractivity contribution >= 4 is 21.4 Å². The molecule has 1 fully saturated rings. The van der Waals surface area contributed by atoms with Crippen LogP contribution in [0.25, 0.3) is 0 Å². The van der Waals surface area contributed by atoms with Gasteiger partial charge in [0.2, 0.25) is 10.0 Å². The molecule has 122 valence electrons. The molecule has 0 aromatic heterocycles. The molecule has 0 spiro atoms. The average Bonchev–Trinajstić information content (AvgIpc) is 2.45. The number of sulfonamides is 1. The van der Waals surface area contributed by atoms with Gasteiger partial charge in [-0.05, 0) is 43.7 Å². The van der Waals surface area contributed by atoms with Crippen LogP contribution in [0.2, 0.25) is 0 Å². The maximum absolute atomic E-state index is 11.3. The van der Waals surface area contributed by atoms with E-state index in [0.29, 0.717) is 12.5 Å². The number of nitrogens with zero attached hydrogens (tertiary/aromatic N) is 1. The van der Waals surface area contributed by atoms with Gasteiger partial charge in [-0.2, -0.15) is 0 Å². The van der Waals surface area contributed by atoms with E-state index in [9.17, 15) is 23.6 Å². The number of aliphatic hydroxyl groups excluding tert-OH is 1. The van der Waals surface area contributed by atoms with Crippen LogP contribution in [0.3, 0.4) is 0 Å². The molecule has 0 unspecified atom stereocenters. The maximum Gasteiger partial charge on any atom is 0.293 e. The molecule has 0 aliphatic heterocycles. The third-order valence-corrected chi connectivity index (χ3v) is 4.80. The molecular weight excluding hydrogens is 310 g/mol. The number of primary sulfonamides is 1. The Bertz CT molecular complexity index is 654. The van der Waals surface area contributed by atoms with Crippen molar-refractivity contribution in [2.45, 2.75) is 36.7 Å². The second-order valence-corrected chi connectivity index (χ2v) is 7.10. The van der Waals surface area contributed by atoms with E-state index in [-0.39, 0.29) is 22.4 Å². The van der Waals surface area contributed by atoms with E-state index < -0.39 is 14.9 Å². The summed E-state index contributed by atoms with van der Waals surface area (Å²) in [7, 11) is -3.98. The maximum atomic E-state index is 11.3. The summed E-state index contributed by atoms with van der Waals surface area (Å²) in [6.07, 6.45) is 2.94. The predicted octanol–water partition coefficient (Wildman–Crippen LogP) is 1.21. The van der Waals surface area contributed by atoms with Crippen molar-refractivity contribution in [2.24, 2.45) is 11.1 Å². The highest BCUT2D eigenvalue weighted by Crippen LogP contribution is 2.29. The fourth-order valence-electron chi connectivity index (χ4n) is 2.59. The van der Waals surface area contributed by atoms with Gasteiger partial charge in [0.15, 0.2) is 0 Å². The summed E-state index contributed by atoms with van der Waals surface area (Å²) in [6.45, 7) is 0.544. The van der Waals surface area contributed by atoms with Crippen LogP contribution in [-0.2, 0) is 10.0 Å². The molecule has 1 aliphatic rings. The summed E-state index contributed by atoms with van der Waals surface area (Å²) in [5, 5.41) is 28.5. The number of hydrogen-bond donors (Lipinski definition) is 3. The number of nitrogens with two attached hydrogens (primary N) is 1. The van der Waals surface area contributed by atoms with Crippen LogP contribution in [0.15, 0.2) is 23.1 Å². The topological polar surface area (TPSA) is 136 Å². The van der Waals surface area contributed by atoms with E-state index >= 15 is 0 Å². The van der Waals surface area contributed by atoms with E-state index in [1.807, 2.05) is 0 Å². The highest BCUT2D eigenvalue weighted by molar-refractivity contribution is 7.89. The molecule has 1 saturated carbocycles. The summed E-state index contributed by atoms with van der Waals surface area (Å²) < 4.78 is 22.5. The van der Waals surface area contributed by atoms with Crippen molar-refractivity contribution in [1.82, 2.24) is 0 Å². The van der Waals surface area contributed by atoms with Crippen molar-refractivity contribution in [3.8, 4) is 0 Å². The SMILES string of the molecule is NS(=O)(=O)c1ccc(NC[C@H]2CC[C@H](O)CC2)c([N+](=O)[O-])c1. The number of rotatable bonds is 5. The van der Waals surface area contributed by atoms with Crippen LogP contribution in [0.5, 0.6) is 0 Å². The van der Waals surface area contributed by atoms with E-state index in [0.717, 1.165) is 31.7 Å². The van der Waals surface area contributed by atoms with Gasteiger partial charge < -0.3 is 10.4 Å². The molecule has 0 saturated heterocycles. The third kappa shape index (κ3) is 4.15. The minimum atomic E-state index is -3.98. The van der Waals surface area contributed by atoms with E-state index in [4.69, 9.17) is 5.14 Å². The molecule has 0 atom stereocenters. The smallest absolute Gasteiger partial charge is 0.293 e. The lowest BCUT2D eigenvalue weighted by atomic mass is 9.87. The minimum Gasteiger partial charge on any atom is -0.393 e. The fourth-order valence-corrected chi connectivity index (χ4v) is 3.13. The largest absolute Gasteiger partial charge is 0.393 e. The summed E-state index contributed by atoms with van der Waals surface area (Å²) in [6, 6.07) is 3.56. The summed E-state index contributed by atoms with van der Waals surface area (Å²) in [5.74, 6) is 0.334. The highest BCUT2D eigenvalue weighted by Gasteiger charge is 2.22. The molecule has 0 radical (unpaired) electrons. The number of nitro benzene ring substituents is 1. The number of nitro groups is 1. The summed E-state index contributed by atoms with van der Waals surface area (Å²) in [5.41, 5.74) is -0.0501. The van der Waals surface area contributed by atoms with Gasteiger partial charge in [0.1, 0.15) is 5.69 Å². The fraction of sp³-hybridized carbons (Fsp3) is 0.538. The first kappa shape index (κ1) is 16.7. The summed E-state index contributed by atoms with van der Waals surface area (Å²) in [4.78, 5) is 10.2. The molecule has 4 N–H and O–H groups in total. The Kier molecular flexibility index (Phi) is 4.99. The van der Waals surface area contributed by atoms with Crippen LogP contribution >= 0.6 is 0 Å². The molecule has 2 rings (SSSR count). The third-order valence-electron chi connectivity index (χ3n) is 3.89. The number of nitrogens with one attached hydrogen (secondary N) is 1. The van der Waals surface area contributed by atoms with Gasteiger partial charge in [0.05, 0.1) is 15.9 Å². The predicted molar refractivity (Wildman–Crippen MR) is 80.9 cm³/mol. The van der Waals surface area contributed by atoms with Gasteiger partial charge >= 0.3 is 0 Å². The standard InChI is InChI=1S/C13H19N3O5S/c14-22(20,21)11-5-6-12(13(7-11)16(18)19)15-8-9-1-3-10(17)4-2-9/h5-7,9-10,15,17H,1-4,8H2,(H2,14,20,21)/t9-,10-. The van der Waals surface area contributed by atoms with Crippen molar-refractivity contribution in [3.63, 3.8) is 0 Å². The first-order valence-electron chi connectivity index (χ1n) is 7.00. The van der Waals surface area contributed by atoms with Gasteiger partial charge in [0.25, 0.3) is 5.69 Å². The number of hydrogen-bond acceptors (Lipinski definition) is 6. The van der Waals surface area contributed by atoms with Gasteiger partial charge in [-0.1, -0.05) is 0 Å². The van der Waals surface area contributed by atoms with Crippen molar-refractivity contribution in [3.05, 3.63) is 28.3 Å². The van der Waals surface area contributed by atoms with E-state index in [2.05, 4.69) is 5.32 Å². The highest BCUT2D eigenvalue weighted by atomic mass is 32.2. The van der Waals surface area contributed by atoms with E-state index in [1.54, 1.807) is 0 Å². The number of benzene rings is 1. The van der Waals surface area contributed by atoms with Gasteiger partial charge in [-0.15, -0.1) is 0 Å². The van der Waals surface area contributed by atoms with Crippen LogP contribution in [-0.4, -0.2) is 31.1 Å². The van der Waals surface area contributed by atoms with Crippen molar-refractivity contribution in [2.75, 3.05) is 11.9 Å². The zero-order valence-corrected chi connectivity index (χ0v) is 12.8. The van der Waals surface area contributed by atoms with Crippen LogP contribution in [0, 0.1) is 16.0 Å². The minimum absolute atomic E-state index is 0.250. The second-order valence-electron chi connectivity index (χ2n) is 5.54. The Hall–Kier alpha value is -1.71. The molecule has 8 nitrogen and oxygen atoms in total. The Labute approximate surface area is 128 Å². The lowest BCUT2D eigenvalue weighted by Gasteiger charge is -2.25. The first-order valence-corrected chi connectivity index (χ1v) is 8.55. The molecule has 0 amide bonds. The lowest BCUT2D eigenvalue weighted by Crippen LogP contribution is -2.23. The molecule has 1 aromatic carbocycles.